The number of para-hydroxylation sites is 1. The first-order valence-electron chi connectivity index (χ1n) is 6.47. The predicted molar refractivity (Wildman–Crippen MR) is 79.5 cm³/mol. The number of benzene rings is 2. The van der Waals surface area contributed by atoms with Crippen LogP contribution in [-0.4, -0.2) is 17.3 Å². The van der Waals surface area contributed by atoms with Crippen LogP contribution in [0.25, 0.3) is 0 Å². The van der Waals surface area contributed by atoms with Gasteiger partial charge < -0.3 is 5.32 Å². The number of nitrogens with zero attached hydrogens (tertiary/aromatic N) is 1. The second-order valence-electron chi connectivity index (χ2n) is 4.93. The lowest BCUT2D eigenvalue weighted by atomic mass is 9.97. The zero-order valence-electron chi connectivity index (χ0n) is 10.6. The zero-order chi connectivity index (χ0) is 13.7. The zero-order valence-corrected chi connectivity index (χ0v) is 10.6. The molecule has 4 nitrogen and oxygen atoms in total. The van der Waals surface area contributed by atoms with E-state index in [4.69, 9.17) is 10.8 Å². The Kier molecular flexibility index (Phi) is 2.15. The summed E-state index contributed by atoms with van der Waals surface area (Å²) in [7, 11) is 0. The molecule has 2 aliphatic rings. The minimum absolute atomic E-state index is 0.196. The highest BCUT2D eigenvalue weighted by atomic mass is 15.0. The molecule has 0 amide bonds. The van der Waals surface area contributed by atoms with Crippen LogP contribution in [0.5, 0.6) is 0 Å². The fourth-order valence-electron chi connectivity index (χ4n) is 2.81. The van der Waals surface area contributed by atoms with Crippen LogP contribution in [0.1, 0.15) is 22.7 Å². The summed E-state index contributed by atoms with van der Waals surface area (Å²) < 4.78 is 0. The molecule has 0 aromatic heterocycles. The Morgan fingerprint density at radius 1 is 0.900 bits per heavy atom. The highest BCUT2D eigenvalue weighted by Gasteiger charge is 2.34. The Bertz CT molecular complexity index is 789. The molecule has 1 atom stereocenters. The van der Waals surface area contributed by atoms with Gasteiger partial charge in [-0.1, -0.05) is 42.5 Å². The van der Waals surface area contributed by atoms with E-state index in [1.54, 1.807) is 0 Å². The summed E-state index contributed by atoms with van der Waals surface area (Å²) in [5.41, 5.74) is 4.76. The van der Waals surface area contributed by atoms with Crippen molar-refractivity contribution in [3.63, 3.8) is 0 Å². The Hall–Kier alpha value is -2.75. The first-order valence-corrected chi connectivity index (χ1v) is 6.47. The van der Waals surface area contributed by atoms with Crippen molar-refractivity contribution >= 4 is 22.9 Å². The van der Waals surface area contributed by atoms with Gasteiger partial charge in [0.1, 0.15) is 5.84 Å². The highest BCUT2D eigenvalue weighted by Crippen LogP contribution is 2.34. The third kappa shape index (κ3) is 1.39. The minimum atomic E-state index is -0.196. The van der Waals surface area contributed by atoms with Crippen LogP contribution < -0.4 is 5.32 Å². The predicted octanol–water partition coefficient (Wildman–Crippen LogP) is 2.81. The third-order valence-corrected chi connectivity index (χ3v) is 3.77. The van der Waals surface area contributed by atoms with Crippen LogP contribution >= 0.6 is 0 Å². The Morgan fingerprint density at radius 3 is 2.40 bits per heavy atom. The van der Waals surface area contributed by atoms with E-state index in [0.29, 0.717) is 17.3 Å². The molecule has 0 saturated heterocycles. The first kappa shape index (κ1) is 11.1. The topological polar surface area (TPSA) is 72.1 Å². The van der Waals surface area contributed by atoms with E-state index >= 15 is 0 Å². The molecule has 0 fully saturated rings. The van der Waals surface area contributed by atoms with Crippen LogP contribution in [0.15, 0.2) is 53.5 Å². The molecule has 96 valence electrons. The lowest BCUT2D eigenvalue weighted by Gasteiger charge is -2.12. The van der Waals surface area contributed by atoms with Crippen LogP contribution in [0, 0.1) is 10.8 Å². The molecule has 0 bridgehead atoms. The number of fused-ring (bicyclic) bond motifs is 2. The maximum Gasteiger partial charge on any atom is 0.126 e. The van der Waals surface area contributed by atoms with Gasteiger partial charge in [0.05, 0.1) is 23.2 Å². The van der Waals surface area contributed by atoms with Gasteiger partial charge in [-0.05, 0) is 11.6 Å². The molecule has 0 spiro atoms. The van der Waals surface area contributed by atoms with Crippen LogP contribution in [0.3, 0.4) is 0 Å². The largest absolute Gasteiger partial charge is 0.357 e. The monoisotopic (exact) mass is 260 g/mol. The normalized spacial score (nSPS) is 19.4. The highest BCUT2D eigenvalue weighted by molar-refractivity contribution is 6.53. The summed E-state index contributed by atoms with van der Waals surface area (Å²) in [5.74, 6) is 0.400. The molecular formula is C16H12N4. The smallest absolute Gasteiger partial charge is 0.126 e. The second-order valence-corrected chi connectivity index (χ2v) is 4.93. The Balaban J connectivity index is 1.82. The first-order chi connectivity index (χ1) is 9.75. The molecule has 0 aliphatic carbocycles. The SMILES string of the molecule is N=C1C(C2NC(=N)c3ccccc32)=Nc2ccccc21. The minimum Gasteiger partial charge on any atom is -0.357 e. The molecule has 2 aliphatic heterocycles. The van der Waals surface area contributed by atoms with E-state index in [9.17, 15) is 0 Å². The number of rotatable bonds is 1. The molecule has 4 heteroatoms. The summed E-state index contributed by atoms with van der Waals surface area (Å²) >= 11 is 0. The van der Waals surface area contributed by atoms with Crippen molar-refractivity contribution in [2.75, 3.05) is 0 Å². The molecule has 1 unspecified atom stereocenters. The van der Waals surface area contributed by atoms with E-state index < -0.39 is 0 Å². The Labute approximate surface area is 116 Å². The molecule has 2 aromatic carbocycles. The van der Waals surface area contributed by atoms with Gasteiger partial charge in [-0.3, -0.25) is 10.8 Å². The molecule has 4 rings (SSSR count). The fourth-order valence-corrected chi connectivity index (χ4v) is 2.81. The number of amidine groups is 1. The van der Waals surface area contributed by atoms with Crippen molar-refractivity contribution in [2.45, 2.75) is 6.04 Å². The van der Waals surface area contributed by atoms with Crippen LogP contribution in [0.2, 0.25) is 0 Å². The fraction of sp³-hybridized carbons (Fsp3) is 0.0625. The summed E-state index contributed by atoms with van der Waals surface area (Å²) in [5, 5.41) is 19.5. The summed E-state index contributed by atoms with van der Waals surface area (Å²) in [6.45, 7) is 0. The molecule has 2 aromatic rings. The lowest BCUT2D eigenvalue weighted by molar-refractivity contribution is 0.875. The number of aliphatic imine (C=N–C) groups is 1. The molecular weight excluding hydrogens is 248 g/mol. The molecule has 3 N–H and O–H groups in total. The van der Waals surface area contributed by atoms with Gasteiger partial charge >= 0.3 is 0 Å². The quantitative estimate of drug-likeness (QED) is 0.724. The third-order valence-electron chi connectivity index (χ3n) is 3.77. The van der Waals surface area contributed by atoms with Crippen LogP contribution in [0.4, 0.5) is 5.69 Å². The number of nitrogens with one attached hydrogen (secondary N) is 3. The van der Waals surface area contributed by atoms with E-state index in [0.717, 1.165) is 22.4 Å². The van der Waals surface area contributed by atoms with Crippen molar-refractivity contribution in [2.24, 2.45) is 4.99 Å². The summed E-state index contributed by atoms with van der Waals surface area (Å²) in [6, 6.07) is 15.3. The van der Waals surface area contributed by atoms with Gasteiger partial charge in [-0.15, -0.1) is 0 Å². The summed E-state index contributed by atoms with van der Waals surface area (Å²) in [4.78, 5) is 4.58. The average molecular weight is 260 g/mol. The van der Waals surface area contributed by atoms with E-state index in [1.807, 2.05) is 48.5 Å². The maximum absolute atomic E-state index is 8.32. The Morgan fingerprint density at radius 2 is 1.60 bits per heavy atom. The van der Waals surface area contributed by atoms with Crippen molar-refractivity contribution < 1.29 is 0 Å². The van der Waals surface area contributed by atoms with Gasteiger partial charge in [0, 0.05) is 11.1 Å². The molecule has 20 heavy (non-hydrogen) atoms. The van der Waals surface area contributed by atoms with Gasteiger partial charge in [0.15, 0.2) is 0 Å². The van der Waals surface area contributed by atoms with E-state index in [-0.39, 0.29) is 6.04 Å². The van der Waals surface area contributed by atoms with Crippen molar-refractivity contribution in [1.29, 1.82) is 10.8 Å². The standard InChI is InChI=1S/C16H12N4/c17-13-11-7-3-4-8-12(11)19-15(13)14-9-5-1-2-6-10(9)16(18)20-14/h1-8,14,17H,(H2,18,20). The average Bonchev–Trinajstić information content (AvgIpc) is 2.99. The van der Waals surface area contributed by atoms with Crippen molar-refractivity contribution in [1.82, 2.24) is 5.32 Å². The van der Waals surface area contributed by atoms with E-state index in [1.165, 1.54) is 0 Å². The van der Waals surface area contributed by atoms with Crippen molar-refractivity contribution in [3.05, 3.63) is 65.2 Å². The van der Waals surface area contributed by atoms with Crippen molar-refractivity contribution in [3.8, 4) is 0 Å². The second kappa shape index (κ2) is 3.87. The van der Waals surface area contributed by atoms with E-state index in [2.05, 4.69) is 10.3 Å². The molecule has 0 radical (unpaired) electrons. The van der Waals surface area contributed by atoms with Gasteiger partial charge in [-0.25, -0.2) is 4.99 Å². The maximum atomic E-state index is 8.32. The number of hydrogen-bond acceptors (Lipinski definition) is 3. The van der Waals surface area contributed by atoms with Crippen LogP contribution in [-0.2, 0) is 0 Å². The van der Waals surface area contributed by atoms with Gasteiger partial charge in [-0.2, -0.15) is 0 Å². The van der Waals surface area contributed by atoms with Gasteiger partial charge in [0.2, 0.25) is 0 Å². The molecule has 0 saturated carbocycles. The molecule has 2 heterocycles. The summed E-state index contributed by atoms with van der Waals surface area (Å²) in [6.07, 6.45) is 0. The number of hydrogen-bond donors (Lipinski definition) is 3. The van der Waals surface area contributed by atoms with Gasteiger partial charge in [0.25, 0.3) is 0 Å². The lowest BCUT2D eigenvalue weighted by Crippen LogP contribution is -2.29.